The van der Waals surface area contributed by atoms with Crippen molar-refractivity contribution in [2.24, 2.45) is 7.05 Å². The van der Waals surface area contributed by atoms with Gasteiger partial charge in [-0.3, -0.25) is 9.59 Å². The smallest absolute Gasteiger partial charge is 0.194 e. The van der Waals surface area contributed by atoms with E-state index in [1.807, 2.05) is 43.4 Å². The molecule has 0 unspecified atom stereocenters. The predicted molar refractivity (Wildman–Crippen MR) is 111 cm³/mol. The van der Waals surface area contributed by atoms with E-state index in [4.69, 9.17) is 0 Å². The van der Waals surface area contributed by atoms with Crippen molar-refractivity contribution in [3.8, 4) is 11.1 Å². The molecule has 0 fully saturated rings. The fourth-order valence-electron chi connectivity index (χ4n) is 4.02. The number of para-hydroxylation sites is 1. The summed E-state index contributed by atoms with van der Waals surface area (Å²) in [5.74, 6) is -0.235. The maximum Gasteiger partial charge on any atom is 0.194 e. The van der Waals surface area contributed by atoms with Crippen molar-refractivity contribution in [1.82, 2.24) is 4.57 Å². The Balaban J connectivity index is 1.74. The van der Waals surface area contributed by atoms with E-state index in [0.29, 0.717) is 16.7 Å². The van der Waals surface area contributed by atoms with Crippen molar-refractivity contribution in [2.45, 2.75) is 0 Å². The molecule has 134 valence electrons. The molecule has 1 heterocycles. The minimum Gasteiger partial charge on any atom is -0.350 e. The number of hydrogen-bond acceptors (Lipinski definition) is 2. The zero-order chi connectivity index (χ0) is 19.3. The minimum absolute atomic E-state index is 0.108. The van der Waals surface area contributed by atoms with Crippen LogP contribution in [0, 0.1) is 0 Å². The fraction of sp³-hybridized carbons (Fsp3) is 0.0400. The normalized spacial score (nSPS) is 13.5. The SMILES string of the molecule is Cn1cc(-c2ccccc2C2=CC(=O)c3ccccc3C2=O)c2ccccc21. The molecule has 1 aliphatic rings. The summed E-state index contributed by atoms with van der Waals surface area (Å²) in [7, 11) is 2.01. The van der Waals surface area contributed by atoms with E-state index in [1.165, 1.54) is 6.08 Å². The first kappa shape index (κ1) is 16.5. The van der Waals surface area contributed by atoms with Gasteiger partial charge in [-0.2, -0.15) is 0 Å². The zero-order valence-corrected chi connectivity index (χ0v) is 15.3. The molecular weight excluding hydrogens is 346 g/mol. The van der Waals surface area contributed by atoms with Crippen LogP contribution in [0.1, 0.15) is 26.3 Å². The number of allylic oxidation sites excluding steroid dienone is 2. The molecule has 3 heteroatoms. The Morgan fingerprint density at radius 2 is 1.25 bits per heavy atom. The van der Waals surface area contributed by atoms with Crippen molar-refractivity contribution < 1.29 is 9.59 Å². The second-order valence-corrected chi connectivity index (χ2v) is 7.01. The monoisotopic (exact) mass is 363 g/mol. The third-order valence-electron chi connectivity index (χ3n) is 5.36. The van der Waals surface area contributed by atoms with Crippen LogP contribution >= 0.6 is 0 Å². The third-order valence-corrected chi connectivity index (χ3v) is 5.36. The molecule has 0 saturated carbocycles. The number of nitrogens with zero attached hydrogens (tertiary/aromatic N) is 1. The van der Waals surface area contributed by atoms with Gasteiger partial charge in [0.25, 0.3) is 0 Å². The Morgan fingerprint density at radius 3 is 2.04 bits per heavy atom. The second-order valence-electron chi connectivity index (χ2n) is 7.01. The molecule has 3 aromatic carbocycles. The number of ketones is 2. The van der Waals surface area contributed by atoms with Gasteiger partial charge in [0.1, 0.15) is 0 Å². The first-order valence-corrected chi connectivity index (χ1v) is 9.19. The molecule has 28 heavy (non-hydrogen) atoms. The van der Waals surface area contributed by atoms with E-state index in [2.05, 4.69) is 22.9 Å². The summed E-state index contributed by atoms with van der Waals surface area (Å²) in [4.78, 5) is 25.8. The van der Waals surface area contributed by atoms with Gasteiger partial charge in [0.15, 0.2) is 11.6 Å². The summed E-state index contributed by atoms with van der Waals surface area (Å²) in [6.07, 6.45) is 3.56. The first-order valence-electron chi connectivity index (χ1n) is 9.19. The molecule has 0 N–H and O–H groups in total. The zero-order valence-electron chi connectivity index (χ0n) is 15.3. The molecule has 1 aliphatic carbocycles. The summed E-state index contributed by atoms with van der Waals surface area (Å²) in [5.41, 5.74) is 5.30. The van der Waals surface area contributed by atoms with E-state index in [0.717, 1.165) is 27.6 Å². The van der Waals surface area contributed by atoms with Gasteiger partial charge in [0.2, 0.25) is 0 Å². The molecule has 0 spiro atoms. The van der Waals surface area contributed by atoms with Gasteiger partial charge in [-0.05, 0) is 23.3 Å². The fourth-order valence-corrected chi connectivity index (χ4v) is 4.02. The Morgan fingerprint density at radius 1 is 0.643 bits per heavy atom. The number of aromatic nitrogens is 1. The van der Waals surface area contributed by atoms with Gasteiger partial charge in [0, 0.05) is 46.4 Å². The van der Waals surface area contributed by atoms with Gasteiger partial charge >= 0.3 is 0 Å². The molecule has 3 nitrogen and oxygen atoms in total. The molecular formula is C25H17NO2. The van der Waals surface area contributed by atoms with Crippen molar-refractivity contribution in [3.05, 3.63) is 102 Å². The number of carbonyl (C=O) groups is 2. The average molecular weight is 363 g/mol. The number of aryl methyl sites for hydroxylation is 1. The predicted octanol–water partition coefficient (Wildman–Crippen LogP) is 5.31. The van der Waals surface area contributed by atoms with Crippen LogP contribution in [-0.2, 0) is 7.05 Å². The van der Waals surface area contributed by atoms with Crippen LogP contribution in [0.25, 0.3) is 27.6 Å². The maximum absolute atomic E-state index is 13.2. The van der Waals surface area contributed by atoms with Crippen molar-refractivity contribution in [1.29, 1.82) is 0 Å². The van der Waals surface area contributed by atoms with Crippen LogP contribution in [0.15, 0.2) is 85.1 Å². The Bertz CT molecular complexity index is 1310. The van der Waals surface area contributed by atoms with Crippen LogP contribution in [0.3, 0.4) is 0 Å². The molecule has 0 saturated heterocycles. The first-order chi connectivity index (χ1) is 13.6. The lowest BCUT2D eigenvalue weighted by molar-refractivity contribution is 0.100. The number of fused-ring (bicyclic) bond motifs is 2. The number of carbonyl (C=O) groups excluding carboxylic acids is 2. The Kier molecular flexibility index (Phi) is 3.63. The van der Waals surface area contributed by atoms with Crippen LogP contribution in [0.4, 0.5) is 0 Å². The summed E-state index contributed by atoms with van der Waals surface area (Å²) >= 11 is 0. The number of rotatable bonds is 2. The van der Waals surface area contributed by atoms with Crippen molar-refractivity contribution in [3.63, 3.8) is 0 Å². The average Bonchev–Trinajstić information content (AvgIpc) is 3.07. The molecule has 0 radical (unpaired) electrons. The summed E-state index contributed by atoms with van der Waals surface area (Å²) in [6, 6.07) is 23.0. The van der Waals surface area contributed by atoms with Crippen LogP contribution in [0.2, 0.25) is 0 Å². The Hall–Kier alpha value is -3.72. The van der Waals surface area contributed by atoms with E-state index in [1.54, 1.807) is 24.3 Å². The van der Waals surface area contributed by atoms with E-state index >= 15 is 0 Å². The lowest BCUT2D eigenvalue weighted by Crippen LogP contribution is -2.16. The molecule has 5 rings (SSSR count). The van der Waals surface area contributed by atoms with Gasteiger partial charge in [-0.15, -0.1) is 0 Å². The third kappa shape index (κ3) is 2.37. The van der Waals surface area contributed by atoms with Gasteiger partial charge < -0.3 is 4.57 Å². The number of Topliss-reactive ketones (excluding diaryl/α,β-unsaturated/α-hetero) is 1. The lowest BCUT2D eigenvalue weighted by Gasteiger charge is -2.17. The summed E-state index contributed by atoms with van der Waals surface area (Å²) < 4.78 is 2.08. The topological polar surface area (TPSA) is 39.1 Å². The Labute approximate surface area is 162 Å². The highest BCUT2D eigenvalue weighted by atomic mass is 16.1. The van der Waals surface area contributed by atoms with E-state index in [9.17, 15) is 9.59 Å². The van der Waals surface area contributed by atoms with Crippen molar-refractivity contribution >= 4 is 28.0 Å². The molecule has 0 amide bonds. The van der Waals surface area contributed by atoms with Crippen LogP contribution in [0.5, 0.6) is 0 Å². The number of benzene rings is 3. The maximum atomic E-state index is 13.2. The van der Waals surface area contributed by atoms with Crippen molar-refractivity contribution in [2.75, 3.05) is 0 Å². The second kappa shape index (κ2) is 6.17. The highest BCUT2D eigenvalue weighted by Gasteiger charge is 2.27. The highest BCUT2D eigenvalue weighted by Crippen LogP contribution is 2.37. The van der Waals surface area contributed by atoms with Crippen LogP contribution in [-0.4, -0.2) is 16.1 Å². The standard InChI is InChI=1S/C25H17NO2/c1-26-15-22(18-10-6-7-13-23(18)26)17-9-3-2-8-16(17)21-14-24(27)19-11-4-5-12-20(19)25(21)28/h2-15H,1H3. The van der Waals surface area contributed by atoms with E-state index < -0.39 is 0 Å². The minimum atomic E-state index is -0.127. The molecule has 4 aromatic rings. The largest absolute Gasteiger partial charge is 0.350 e. The highest BCUT2D eigenvalue weighted by molar-refractivity contribution is 6.39. The lowest BCUT2D eigenvalue weighted by atomic mass is 9.83. The van der Waals surface area contributed by atoms with Gasteiger partial charge in [-0.1, -0.05) is 66.7 Å². The summed E-state index contributed by atoms with van der Waals surface area (Å²) in [5, 5.41) is 1.12. The van der Waals surface area contributed by atoms with Crippen LogP contribution < -0.4 is 0 Å². The molecule has 0 bridgehead atoms. The van der Waals surface area contributed by atoms with E-state index in [-0.39, 0.29) is 11.6 Å². The molecule has 0 atom stereocenters. The molecule has 1 aromatic heterocycles. The summed E-state index contributed by atoms with van der Waals surface area (Å²) in [6.45, 7) is 0. The number of hydrogen-bond donors (Lipinski definition) is 0. The van der Waals surface area contributed by atoms with Gasteiger partial charge in [-0.25, -0.2) is 0 Å². The molecule has 0 aliphatic heterocycles. The van der Waals surface area contributed by atoms with Gasteiger partial charge in [0.05, 0.1) is 0 Å². The quantitative estimate of drug-likeness (QED) is 0.484.